The average Bonchev–Trinajstić information content (AvgIpc) is 3.19. The van der Waals surface area contributed by atoms with Crippen molar-refractivity contribution < 1.29 is 14.3 Å². The third-order valence-electron chi connectivity index (χ3n) is 6.41. The van der Waals surface area contributed by atoms with Crippen molar-refractivity contribution in [3.8, 4) is 17.0 Å². The zero-order valence-corrected chi connectivity index (χ0v) is 24.1. The lowest BCUT2D eigenvalue weighted by molar-refractivity contribution is -0.114. The lowest BCUT2D eigenvalue weighted by Gasteiger charge is -2.26. The average molecular weight is 565 g/mol. The minimum atomic E-state index is -0.567. The molecule has 0 spiro atoms. The number of methoxy groups -OCH3 is 1. The number of nitrogens with zero attached hydrogens (tertiary/aromatic N) is 5. The van der Waals surface area contributed by atoms with E-state index < -0.39 is 5.91 Å². The zero-order valence-electron chi connectivity index (χ0n) is 23.4. The Labute approximate surface area is 237 Å². The van der Waals surface area contributed by atoms with Crippen molar-refractivity contribution in [2.75, 3.05) is 56.9 Å². The molecule has 0 saturated carbocycles. The van der Waals surface area contributed by atoms with E-state index in [1.807, 2.05) is 33.3 Å². The second-order valence-electron chi connectivity index (χ2n) is 9.74. The summed E-state index contributed by atoms with van der Waals surface area (Å²) >= 11 is 6.44. The van der Waals surface area contributed by atoms with Gasteiger partial charge >= 0.3 is 0 Å². The fraction of sp³-hybridized carbons (Fsp3) is 0.286. The number of nitrogens with two attached hydrogens (primary N) is 1. The number of hydrogen-bond donors (Lipinski definition) is 3. The number of aryl methyl sites for hydroxylation is 1. The summed E-state index contributed by atoms with van der Waals surface area (Å²) in [5, 5.41) is 7.31. The molecule has 2 aromatic carbocycles. The highest BCUT2D eigenvalue weighted by Crippen LogP contribution is 2.38. The molecule has 4 N–H and O–H groups in total. The quantitative estimate of drug-likeness (QED) is 0.262. The summed E-state index contributed by atoms with van der Waals surface area (Å²) < 4.78 is 7.45. The number of benzene rings is 2. The van der Waals surface area contributed by atoms with Gasteiger partial charge in [-0.25, -0.2) is 9.97 Å². The van der Waals surface area contributed by atoms with Crippen LogP contribution in [0.25, 0.3) is 22.2 Å². The van der Waals surface area contributed by atoms with Gasteiger partial charge in [-0.15, -0.1) is 0 Å². The van der Waals surface area contributed by atoms with Gasteiger partial charge in [0.05, 0.1) is 46.0 Å². The van der Waals surface area contributed by atoms with Crippen LogP contribution in [-0.2, 0) is 11.8 Å². The van der Waals surface area contributed by atoms with Gasteiger partial charge in [-0.1, -0.05) is 11.6 Å². The summed E-state index contributed by atoms with van der Waals surface area (Å²) in [5.74, 6) is 0.0707. The maximum atomic E-state index is 12.3. The lowest BCUT2D eigenvalue weighted by atomic mass is 10.0. The van der Waals surface area contributed by atoms with Crippen LogP contribution >= 0.6 is 11.6 Å². The fourth-order valence-electron chi connectivity index (χ4n) is 4.45. The van der Waals surface area contributed by atoms with Gasteiger partial charge in [-0.3, -0.25) is 9.59 Å². The summed E-state index contributed by atoms with van der Waals surface area (Å²) in [6, 6.07) is 8.94. The summed E-state index contributed by atoms with van der Waals surface area (Å²) in [7, 11) is 9.35. The predicted molar refractivity (Wildman–Crippen MR) is 160 cm³/mol. The third-order valence-corrected chi connectivity index (χ3v) is 6.71. The Morgan fingerprint density at radius 1 is 1.12 bits per heavy atom. The molecule has 0 bridgehead atoms. The number of fused-ring (bicyclic) bond motifs is 1. The summed E-state index contributed by atoms with van der Waals surface area (Å²) in [5.41, 5.74) is 9.88. The van der Waals surface area contributed by atoms with Crippen LogP contribution in [0, 0.1) is 0 Å². The molecule has 0 aliphatic heterocycles. The van der Waals surface area contributed by atoms with E-state index in [1.54, 1.807) is 49.3 Å². The van der Waals surface area contributed by atoms with E-state index in [0.29, 0.717) is 49.9 Å². The van der Waals surface area contributed by atoms with E-state index in [2.05, 4.69) is 30.4 Å². The molecule has 11 nitrogen and oxygen atoms in total. The SMILES string of the molecule is COc1cc(N(C)CCN(C)C)c(NC(C)=O)cc1Nc1nccc(-c2cc(C(N)=O)c3c(c2)c(Cl)cn3C)n1. The molecule has 12 heteroatoms. The first-order valence-corrected chi connectivity index (χ1v) is 12.9. The molecule has 2 amide bonds. The highest BCUT2D eigenvalue weighted by Gasteiger charge is 2.18. The van der Waals surface area contributed by atoms with E-state index in [4.69, 9.17) is 22.1 Å². The van der Waals surface area contributed by atoms with Crippen molar-refractivity contribution in [2.45, 2.75) is 6.92 Å². The van der Waals surface area contributed by atoms with E-state index in [0.717, 1.165) is 18.8 Å². The monoisotopic (exact) mass is 564 g/mol. The van der Waals surface area contributed by atoms with Gasteiger partial charge in [0.2, 0.25) is 11.9 Å². The van der Waals surface area contributed by atoms with Crippen LogP contribution in [-0.4, -0.2) is 72.6 Å². The maximum Gasteiger partial charge on any atom is 0.250 e. The molecule has 40 heavy (non-hydrogen) atoms. The number of nitrogens with one attached hydrogen (secondary N) is 2. The first-order valence-electron chi connectivity index (χ1n) is 12.5. The van der Waals surface area contributed by atoms with Crippen molar-refractivity contribution >= 4 is 57.3 Å². The Balaban J connectivity index is 1.73. The Morgan fingerprint density at radius 2 is 1.88 bits per heavy atom. The van der Waals surface area contributed by atoms with E-state index in [1.165, 1.54) is 6.92 Å². The Morgan fingerprint density at radius 3 is 2.52 bits per heavy atom. The fourth-order valence-corrected chi connectivity index (χ4v) is 4.74. The first kappa shape index (κ1) is 28.7. The molecule has 4 aromatic rings. The molecule has 0 saturated heterocycles. The van der Waals surface area contributed by atoms with Crippen molar-refractivity contribution in [3.63, 3.8) is 0 Å². The second-order valence-corrected chi connectivity index (χ2v) is 10.1. The minimum absolute atomic E-state index is 0.197. The second kappa shape index (κ2) is 11.8. The van der Waals surface area contributed by atoms with Crippen LogP contribution in [0.3, 0.4) is 0 Å². The van der Waals surface area contributed by atoms with Gasteiger partial charge in [-0.05, 0) is 38.4 Å². The van der Waals surface area contributed by atoms with Crippen LogP contribution in [0.5, 0.6) is 5.75 Å². The Kier molecular flexibility index (Phi) is 8.46. The number of aromatic nitrogens is 3. The van der Waals surface area contributed by atoms with Gasteiger partial charge in [-0.2, -0.15) is 0 Å². The van der Waals surface area contributed by atoms with Gasteiger partial charge in [0.1, 0.15) is 5.75 Å². The van der Waals surface area contributed by atoms with Crippen LogP contribution < -0.4 is 26.0 Å². The summed E-state index contributed by atoms with van der Waals surface area (Å²) in [6.07, 6.45) is 3.34. The molecule has 2 heterocycles. The summed E-state index contributed by atoms with van der Waals surface area (Å²) in [4.78, 5) is 37.5. The first-order chi connectivity index (χ1) is 19.0. The van der Waals surface area contributed by atoms with Crippen molar-refractivity contribution in [2.24, 2.45) is 12.8 Å². The van der Waals surface area contributed by atoms with Crippen molar-refractivity contribution in [1.82, 2.24) is 19.4 Å². The van der Waals surface area contributed by atoms with Gasteiger partial charge < -0.3 is 35.5 Å². The predicted octanol–water partition coefficient (Wildman–Crippen LogP) is 4.10. The molecule has 0 unspecified atom stereocenters. The van der Waals surface area contributed by atoms with E-state index in [-0.39, 0.29) is 11.9 Å². The molecule has 2 aromatic heterocycles. The standard InChI is InChI=1S/C28H33ClN8O3/c1-16(38)32-22-13-23(25(40-6)14-24(22)36(4)10-9-35(2)3)34-28-31-8-7-21(33-28)17-11-18-20(29)15-37(5)26(18)19(12-17)27(30)39/h7-8,11-15H,9-10H2,1-6H3,(H2,30,39)(H,32,38)(H,31,33,34). The zero-order chi connectivity index (χ0) is 29.1. The van der Waals surface area contributed by atoms with Gasteiger partial charge in [0.15, 0.2) is 0 Å². The normalized spacial score (nSPS) is 11.1. The van der Waals surface area contributed by atoms with E-state index in [9.17, 15) is 9.59 Å². The number of ether oxygens (including phenoxy) is 1. The number of carbonyl (C=O) groups excluding carboxylic acids is 2. The summed E-state index contributed by atoms with van der Waals surface area (Å²) in [6.45, 7) is 3.03. The molecule has 0 radical (unpaired) electrons. The molecule has 4 rings (SSSR count). The number of hydrogen-bond acceptors (Lipinski definition) is 8. The molecular formula is C28H33ClN8O3. The number of carbonyl (C=O) groups is 2. The number of halogens is 1. The van der Waals surface area contributed by atoms with Crippen LogP contribution in [0.15, 0.2) is 42.7 Å². The number of anilines is 4. The smallest absolute Gasteiger partial charge is 0.250 e. The number of likely N-dealkylation sites (N-methyl/N-ethyl adjacent to an activating group) is 2. The van der Waals surface area contributed by atoms with Crippen LogP contribution in [0.4, 0.5) is 23.0 Å². The largest absolute Gasteiger partial charge is 0.494 e. The molecular weight excluding hydrogens is 532 g/mol. The lowest BCUT2D eigenvalue weighted by Crippen LogP contribution is -2.29. The highest BCUT2D eigenvalue weighted by molar-refractivity contribution is 6.36. The number of rotatable bonds is 10. The molecule has 210 valence electrons. The molecule has 0 aliphatic carbocycles. The Hall–Kier alpha value is -4.35. The molecule has 0 fully saturated rings. The van der Waals surface area contributed by atoms with Crippen molar-refractivity contribution in [1.29, 1.82) is 0 Å². The minimum Gasteiger partial charge on any atom is -0.494 e. The molecule has 0 atom stereocenters. The number of primary amides is 1. The molecule has 0 aliphatic rings. The van der Waals surface area contributed by atoms with Crippen LogP contribution in [0.1, 0.15) is 17.3 Å². The van der Waals surface area contributed by atoms with Gasteiger partial charge in [0, 0.05) is 63.5 Å². The Bertz CT molecular complexity index is 1580. The maximum absolute atomic E-state index is 12.3. The topological polar surface area (TPSA) is 131 Å². The third kappa shape index (κ3) is 6.11. The highest BCUT2D eigenvalue weighted by atomic mass is 35.5. The van der Waals surface area contributed by atoms with E-state index >= 15 is 0 Å². The number of amides is 2. The van der Waals surface area contributed by atoms with Crippen molar-refractivity contribution in [3.05, 3.63) is 53.3 Å². The van der Waals surface area contributed by atoms with Gasteiger partial charge in [0.25, 0.3) is 5.91 Å². The van der Waals surface area contributed by atoms with Crippen LogP contribution in [0.2, 0.25) is 5.02 Å².